The maximum atomic E-state index is 12.1. The molecule has 10 heteroatoms. The fourth-order valence-electron chi connectivity index (χ4n) is 2.95. The van der Waals surface area contributed by atoms with E-state index in [1.165, 1.54) is 17.1 Å². The van der Waals surface area contributed by atoms with Gasteiger partial charge in [-0.2, -0.15) is 5.10 Å². The van der Waals surface area contributed by atoms with Crippen molar-refractivity contribution in [2.45, 2.75) is 6.61 Å². The number of hydrogen-bond acceptors (Lipinski definition) is 7. The van der Waals surface area contributed by atoms with Gasteiger partial charge in [-0.1, -0.05) is 12.1 Å². The lowest BCUT2D eigenvalue weighted by atomic mass is 10.0. The van der Waals surface area contributed by atoms with Crippen LogP contribution >= 0.6 is 0 Å². The summed E-state index contributed by atoms with van der Waals surface area (Å²) >= 11 is 0. The van der Waals surface area contributed by atoms with Crippen LogP contribution in [-0.2, 0) is 6.61 Å². The summed E-state index contributed by atoms with van der Waals surface area (Å²) in [7, 11) is 0. The zero-order valence-corrected chi connectivity index (χ0v) is 15.5. The minimum atomic E-state index is -0.726. The number of aliphatic hydroxyl groups is 1. The largest absolute Gasteiger partial charge is 0.444 e. The molecule has 1 aromatic carbocycles. The Balaban J connectivity index is 1.85. The second-order valence-electron chi connectivity index (χ2n) is 6.35. The summed E-state index contributed by atoms with van der Waals surface area (Å²) < 4.78 is 6.88. The topological polar surface area (TPSA) is 163 Å². The number of benzene rings is 1. The zero-order chi connectivity index (χ0) is 21.3. The van der Waals surface area contributed by atoms with Crippen LogP contribution < -0.4 is 11.5 Å². The number of rotatable bonds is 6. The van der Waals surface area contributed by atoms with Crippen LogP contribution in [0.5, 0.6) is 0 Å². The van der Waals surface area contributed by atoms with Gasteiger partial charge in [-0.05, 0) is 23.8 Å². The minimum absolute atomic E-state index is 0.0252. The van der Waals surface area contributed by atoms with Gasteiger partial charge < -0.3 is 21.0 Å². The van der Waals surface area contributed by atoms with Gasteiger partial charge >= 0.3 is 0 Å². The third-order valence-corrected chi connectivity index (χ3v) is 4.43. The zero-order valence-electron chi connectivity index (χ0n) is 15.5. The average molecular weight is 404 g/mol. The SMILES string of the molecule is NC(=O)c1coc(-c2ccncc2-c2cn(-c3ccc(CO)cc3)nc2C(N)=O)n1. The molecule has 0 unspecified atom stereocenters. The highest BCUT2D eigenvalue weighted by Crippen LogP contribution is 2.33. The summed E-state index contributed by atoms with van der Waals surface area (Å²) in [5.41, 5.74) is 13.6. The molecular weight excluding hydrogens is 388 g/mol. The average Bonchev–Trinajstić information content (AvgIpc) is 3.42. The molecule has 5 N–H and O–H groups in total. The number of hydrogen-bond donors (Lipinski definition) is 3. The molecule has 3 aromatic heterocycles. The number of primary amides is 2. The first-order chi connectivity index (χ1) is 14.5. The fraction of sp³-hybridized carbons (Fsp3) is 0.0500. The predicted octanol–water partition coefficient (Wildman–Crippen LogP) is 1.28. The van der Waals surface area contributed by atoms with Crippen LogP contribution in [0.4, 0.5) is 0 Å². The number of carbonyl (C=O) groups is 2. The number of carbonyl (C=O) groups excluding carboxylic acids is 2. The van der Waals surface area contributed by atoms with Crippen LogP contribution in [0.1, 0.15) is 26.5 Å². The van der Waals surface area contributed by atoms with E-state index in [2.05, 4.69) is 15.1 Å². The monoisotopic (exact) mass is 404 g/mol. The van der Waals surface area contributed by atoms with E-state index in [9.17, 15) is 14.7 Å². The van der Waals surface area contributed by atoms with Crippen LogP contribution in [0, 0.1) is 0 Å². The number of aliphatic hydroxyl groups excluding tert-OH is 1. The molecule has 2 amide bonds. The first-order valence-electron chi connectivity index (χ1n) is 8.77. The van der Waals surface area contributed by atoms with Crippen LogP contribution in [0.15, 0.2) is 59.6 Å². The molecular formula is C20H16N6O4. The Labute approximate surface area is 169 Å². The number of oxazole rings is 1. The number of amides is 2. The van der Waals surface area contributed by atoms with Gasteiger partial charge in [0.2, 0.25) is 5.89 Å². The highest BCUT2D eigenvalue weighted by molar-refractivity contribution is 6.00. The van der Waals surface area contributed by atoms with Crippen LogP contribution in [0.3, 0.4) is 0 Å². The van der Waals surface area contributed by atoms with Crippen LogP contribution in [0.25, 0.3) is 28.3 Å². The molecule has 0 bridgehead atoms. The Hall–Kier alpha value is -4.31. The molecule has 0 spiro atoms. The first-order valence-corrected chi connectivity index (χ1v) is 8.77. The molecule has 4 rings (SSSR count). The Morgan fingerprint density at radius 1 is 1.03 bits per heavy atom. The molecule has 0 aliphatic heterocycles. The van der Waals surface area contributed by atoms with Gasteiger partial charge in [0.05, 0.1) is 12.3 Å². The summed E-state index contributed by atoms with van der Waals surface area (Å²) in [4.78, 5) is 31.6. The third kappa shape index (κ3) is 3.42. The smallest absolute Gasteiger partial charge is 0.270 e. The summed E-state index contributed by atoms with van der Waals surface area (Å²) in [5.74, 6) is -1.31. The van der Waals surface area contributed by atoms with Crippen molar-refractivity contribution in [3.63, 3.8) is 0 Å². The van der Waals surface area contributed by atoms with E-state index >= 15 is 0 Å². The normalized spacial score (nSPS) is 10.8. The van der Waals surface area contributed by atoms with Crippen molar-refractivity contribution in [2.24, 2.45) is 11.5 Å². The lowest BCUT2D eigenvalue weighted by Gasteiger charge is -2.05. The summed E-state index contributed by atoms with van der Waals surface area (Å²) in [6.45, 7) is -0.0837. The molecule has 10 nitrogen and oxygen atoms in total. The van der Waals surface area contributed by atoms with Gasteiger partial charge in [0.15, 0.2) is 11.4 Å². The Kier molecular flexibility index (Phi) is 4.82. The van der Waals surface area contributed by atoms with Gasteiger partial charge in [-0.25, -0.2) is 9.67 Å². The quantitative estimate of drug-likeness (QED) is 0.436. The van der Waals surface area contributed by atoms with Gasteiger partial charge in [-0.3, -0.25) is 14.6 Å². The minimum Gasteiger partial charge on any atom is -0.444 e. The number of nitrogens with zero attached hydrogens (tertiary/aromatic N) is 4. The van der Waals surface area contributed by atoms with Crippen molar-refractivity contribution < 1.29 is 19.1 Å². The second-order valence-corrected chi connectivity index (χ2v) is 6.35. The van der Waals surface area contributed by atoms with Gasteiger partial charge in [0, 0.05) is 35.3 Å². The van der Waals surface area contributed by atoms with Crippen LogP contribution in [0.2, 0.25) is 0 Å². The van der Waals surface area contributed by atoms with Crippen molar-refractivity contribution in [3.05, 3.63) is 72.1 Å². The van der Waals surface area contributed by atoms with Crippen molar-refractivity contribution in [1.29, 1.82) is 0 Å². The molecule has 4 aromatic rings. The molecule has 0 saturated heterocycles. The Bertz CT molecular complexity index is 1240. The molecule has 0 aliphatic carbocycles. The summed E-state index contributed by atoms with van der Waals surface area (Å²) in [5, 5.41) is 13.5. The Morgan fingerprint density at radius 2 is 1.80 bits per heavy atom. The molecule has 3 heterocycles. The van der Waals surface area contributed by atoms with Crippen LogP contribution in [-0.4, -0.2) is 36.7 Å². The van der Waals surface area contributed by atoms with E-state index in [0.717, 1.165) is 11.8 Å². The molecule has 30 heavy (non-hydrogen) atoms. The lowest BCUT2D eigenvalue weighted by Crippen LogP contribution is -2.13. The predicted molar refractivity (Wildman–Crippen MR) is 105 cm³/mol. The van der Waals surface area contributed by atoms with E-state index in [1.54, 1.807) is 36.5 Å². The van der Waals surface area contributed by atoms with Crippen molar-refractivity contribution in [2.75, 3.05) is 0 Å². The van der Waals surface area contributed by atoms with Crippen molar-refractivity contribution >= 4 is 11.8 Å². The van der Waals surface area contributed by atoms with E-state index < -0.39 is 11.8 Å². The van der Waals surface area contributed by atoms with E-state index in [0.29, 0.717) is 22.4 Å². The standard InChI is InChI=1S/C20H16N6O4/c21-18(28)16-10-30-20(24-16)13-5-6-23-7-14(13)15-8-26(25-17(15)19(22)29)12-3-1-11(9-27)2-4-12/h1-8,10,27H,9H2,(H2,21,28)(H2,22,29). The molecule has 0 aliphatic rings. The van der Waals surface area contributed by atoms with E-state index in [1.807, 2.05) is 0 Å². The highest BCUT2D eigenvalue weighted by Gasteiger charge is 2.22. The van der Waals surface area contributed by atoms with Gasteiger partial charge in [-0.15, -0.1) is 0 Å². The molecule has 150 valence electrons. The second kappa shape index (κ2) is 7.60. The maximum absolute atomic E-state index is 12.1. The third-order valence-electron chi connectivity index (χ3n) is 4.43. The molecule has 0 fully saturated rings. The van der Waals surface area contributed by atoms with E-state index in [-0.39, 0.29) is 23.9 Å². The summed E-state index contributed by atoms with van der Waals surface area (Å²) in [6, 6.07) is 8.63. The summed E-state index contributed by atoms with van der Waals surface area (Å²) in [6.07, 6.45) is 5.83. The lowest BCUT2D eigenvalue weighted by molar-refractivity contribution is 0.0987. The fourth-order valence-corrected chi connectivity index (χ4v) is 2.95. The van der Waals surface area contributed by atoms with Crippen molar-refractivity contribution in [1.82, 2.24) is 19.7 Å². The van der Waals surface area contributed by atoms with Gasteiger partial charge in [0.25, 0.3) is 11.8 Å². The van der Waals surface area contributed by atoms with Crippen molar-refractivity contribution in [3.8, 4) is 28.3 Å². The van der Waals surface area contributed by atoms with E-state index in [4.69, 9.17) is 15.9 Å². The Morgan fingerprint density at radius 3 is 2.43 bits per heavy atom. The molecule has 0 atom stereocenters. The maximum Gasteiger partial charge on any atom is 0.270 e. The molecule has 0 saturated carbocycles. The highest BCUT2D eigenvalue weighted by atomic mass is 16.3. The number of aromatic nitrogens is 4. The first kappa shape index (κ1) is 19.0. The molecule has 0 radical (unpaired) electrons. The van der Waals surface area contributed by atoms with Gasteiger partial charge in [0.1, 0.15) is 6.26 Å². The number of nitrogens with two attached hydrogens (primary N) is 2. The number of pyridine rings is 1.